The van der Waals surface area contributed by atoms with E-state index in [-0.39, 0.29) is 0 Å². The van der Waals surface area contributed by atoms with Gasteiger partial charge in [-0.25, -0.2) is 0 Å². The fourth-order valence-corrected chi connectivity index (χ4v) is 11.5. The molecule has 5 heteroatoms. The van der Waals surface area contributed by atoms with Crippen LogP contribution in [0, 0.1) is 46.3 Å². The molecule has 4 fully saturated rings. The summed E-state index contributed by atoms with van der Waals surface area (Å²) in [5.41, 5.74) is 3.08. The third kappa shape index (κ3) is 6.59. The maximum Gasteiger partial charge on any atom is 0.0541 e. The molecule has 224 valence electrons. The van der Waals surface area contributed by atoms with Crippen molar-refractivity contribution in [1.82, 2.24) is 15.6 Å². The van der Waals surface area contributed by atoms with Gasteiger partial charge in [-0.2, -0.15) is 0 Å². The molecule has 0 spiro atoms. The second kappa shape index (κ2) is 13.5. The standard InChI is InChI=1S/C35H59N3P2/c1-24(10-11-25(2)39)29-12-13-30-33-31(15-17-35(29,30)4)34(3)16-14-27(21-26(34)22-32(33)40)37-20-8-7-18-36-23-28-9-5-6-19-38-28/h5-6,9,19,24,26-27,29-33,36-37H,2,7-8,10-18,20-23,39-40H2,1,3-4H3. The Morgan fingerprint density at radius 3 is 2.60 bits per heavy atom. The highest BCUT2D eigenvalue weighted by Crippen LogP contribution is 2.69. The van der Waals surface area contributed by atoms with Gasteiger partial charge in [-0.05, 0) is 154 Å². The molecule has 12 unspecified atom stereocenters. The van der Waals surface area contributed by atoms with E-state index in [0.29, 0.717) is 10.8 Å². The Labute approximate surface area is 251 Å². The number of hydrogen-bond acceptors (Lipinski definition) is 3. The van der Waals surface area contributed by atoms with E-state index in [1.54, 1.807) is 0 Å². The van der Waals surface area contributed by atoms with E-state index in [1.807, 2.05) is 12.3 Å². The highest BCUT2D eigenvalue weighted by atomic mass is 31.0. The topological polar surface area (TPSA) is 37.0 Å². The molecule has 0 bridgehead atoms. The number of rotatable bonds is 12. The lowest BCUT2D eigenvalue weighted by Gasteiger charge is -2.63. The van der Waals surface area contributed by atoms with Crippen LogP contribution in [0.3, 0.4) is 0 Å². The average molecular weight is 584 g/mol. The smallest absolute Gasteiger partial charge is 0.0541 e. The first-order chi connectivity index (χ1) is 19.2. The van der Waals surface area contributed by atoms with E-state index in [2.05, 4.69) is 73.6 Å². The Bertz CT molecular complexity index is 971. The average Bonchev–Trinajstić information content (AvgIpc) is 3.29. The number of hydrogen-bond donors (Lipinski definition) is 2. The van der Waals surface area contributed by atoms with E-state index < -0.39 is 0 Å². The van der Waals surface area contributed by atoms with Crippen molar-refractivity contribution in [3.05, 3.63) is 42.0 Å². The van der Waals surface area contributed by atoms with Crippen LogP contribution >= 0.6 is 18.5 Å². The van der Waals surface area contributed by atoms with Crippen LogP contribution in [-0.2, 0) is 6.54 Å². The third-order valence-electron chi connectivity index (χ3n) is 12.7. The minimum atomic E-state index is 0.562. The summed E-state index contributed by atoms with van der Waals surface area (Å²) >= 11 is 0. The molecule has 2 N–H and O–H groups in total. The van der Waals surface area contributed by atoms with Crippen molar-refractivity contribution in [3.8, 4) is 0 Å². The van der Waals surface area contributed by atoms with E-state index >= 15 is 0 Å². The monoisotopic (exact) mass is 583 g/mol. The molecule has 1 aromatic rings. The van der Waals surface area contributed by atoms with Gasteiger partial charge in [0.1, 0.15) is 0 Å². The maximum absolute atomic E-state index is 4.40. The van der Waals surface area contributed by atoms with Crippen LogP contribution in [0.25, 0.3) is 0 Å². The van der Waals surface area contributed by atoms with Crippen molar-refractivity contribution in [2.24, 2.45) is 46.3 Å². The molecule has 0 aliphatic heterocycles. The van der Waals surface area contributed by atoms with Crippen molar-refractivity contribution < 1.29 is 0 Å². The van der Waals surface area contributed by atoms with Gasteiger partial charge in [0.25, 0.3) is 0 Å². The molecule has 1 heterocycles. The number of pyridine rings is 1. The van der Waals surface area contributed by atoms with Crippen LogP contribution in [0.1, 0.15) is 104 Å². The number of unbranched alkanes of at least 4 members (excludes halogenated alkanes) is 1. The molecule has 0 aromatic carbocycles. The van der Waals surface area contributed by atoms with E-state index in [0.717, 1.165) is 66.0 Å². The zero-order chi connectivity index (χ0) is 28.3. The normalized spacial score (nSPS) is 39.7. The predicted octanol–water partition coefficient (Wildman–Crippen LogP) is 8.23. The number of nitrogens with one attached hydrogen (secondary N) is 2. The van der Waals surface area contributed by atoms with Gasteiger partial charge in [-0.3, -0.25) is 4.98 Å². The highest BCUT2D eigenvalue weighted by Gasteiger charge is 2.62. The zero-order valence-electron chi connectivity index (χ0n) is 25.8. The number of nitrogens with zero attached hydrogens (tertiary/aromatic N) is 1. The molecular formula is C35H59N3P2. The Kier molecular flexibility index (Phi) is 10.5. The van der Waals surface area contributed by atoms with Gasteiger partial charge in [-0.1, -0.05) is 38.7 Å². The first-order valence-electron chi connectivity index (χ1n) is 16.7. The summed E-state index contributed by atoms with van der Waals surface area (Å²) in [6.45, 7) is 15.3. The lowest BCUT2D eigenvalue weighted by atomic mass is 9.44. The Balaban J connectivity index is 1.10. The van der Waals surface area contributed by atoms with E-state index in [9.17, 15) is 0 Å². The Hall–Kier alpha value is -0.330. The zero-order valence-corrected chi connectivity index (χ0v) is 28.2. The summed E-state index contributed by atoms with van der Waals surface area (Å²) in [5, 5.41) is 8.83. The van der Waals surface area contributed by atoms with Gasteiger partial charge in [0.05, 0.1) is 5.69 Å². The minimum Gasteiger partial charge on any atom is -0.314 e. The molecule has 40 heavy (non-hydrogen) atoms. The van der Waals surface area contributed by atoms with Crippen molar-refractivity contribution in [3.63, 3.8) is 0 Å². The first-order valence-corrected chi connectivity index (χ1v) is 18.0. The second-order valence-corrected chi connectivity index (χ2v) is 16.6. The molecule has 4 aliphatic carbocycles. The van der Waals surface area contributed by atoms with Gasteiger partial charge < -0.3 is 10.6 Å². The van der Waals surface area contributed by atoms with Crippen molar-refractivity contribution >= 4 is 18.5 Å². The Morgan fingerprint density at radius 2 is 1.82 bits per heavy atom. The molecule has 0 saturated heterocycles. The summed E-state index contributed by atoms with van der Waals surface area (Å²) in [4.78, 5) is 4.40. The van der Waals surface area contributed by atoms with E-state index in [4.69, 9.17) is 0 Å². The highest BCUT2D eigenvalue weighted by molar-refractivity contribution is 7.22. The lowest BCUT2D eigenvalue weighted by molar-refractivity contribution is -0.114. The van der Waals surface area contributed by atoms with Crippen molar-refractivity contribution in [2.45, 2.75) is 116 Å². The Morgan fingerprint density at radius 1 is 1.05 bits per heavy atom. The van der Waals surface area contributed by atoms with E-state index in [1.165, 1.54) is 88.9 Å². The number of aromatic nitrogens is 1. The second-order valence-electron chi connectivity index (χ2n) is 14.9. The molecule has 0 radical (unpaired) electrons. The van der Waals surface area contributed by atoms with Crippen LogP contribution in [0.5, 0.6) is 0 Å². The van der Waals surface area contributed by atoms with Crippen LogP contribution in [0.2, 0.25) is 0 Å². The third-order valence-corrected chi connectivity index (χ3v) is 13.7. The molecule has 12 atom stereocenters. The minimum absolute atomic E-state index is 0.562. The number of fused-ring (bicyclic) bond motifs is 5. The van der Waals surface area contributed by atoms with Crippen molar-refractivity contribution in [2.75, 3.05) is 13.1 Å². The SMILES string of the molecule is C=C(P)CCC(C)C1CCC2C3C(P)CC4CC(NCCCCNCc5ccccn5)CCC4(C)C3CCC12C. The molecule has 1 aromatic heterocycles. The summed E-state index contributed by atoms with van der Waals surface area (Å²) in [7, 11) is 6.25. The molecule has 5 rings (SSSR count). The quantitative estimate of drug-likeness (QED) is 0.192. The lowest BCUT2D eigenvalue weighted by Crippen LogP contribution is -2.58. The molecule has 4 saturated carbocycles. The summed E-state index contributed by atoms with van der Waals surface area (Å²) in [6, 6.07) is 6.88. The van der Waals surface area contributed by atoms with Gasteiger partial charge in [0.15, 0.2) is 0 Å². The predicted molar refractivity (Wildman–Crippen MR) is 178 cm³/mol. The van der Waals surface area contributed by atoms with Gasteiger partial charge >= 0.3 is 0 Å². The fourth-order valence-electron chi connectivity index (χ4n) is 10.5. The van der Waals surface area contributed by atoms with Crippen LogP contribution < -0.4 is 10.6 Å². The fraction of sp³-hybridized carbons (Fsp3) is 0.800. The van der Waals surface area contributed by atoms with Gasteiger partial charge in [0.2, 0.25) is 0 Å². The molecule has 0 amide bonds. The van der Waals surface area contributed by atoms with Crippen LogP contribution in [0.4, 0.5) is 0 Å². The summed E-state index contributed by atoms with van der Waals surface area (Å²) in [5.74, 6) is 5.46. The molecule has 4 aliphatic rings. The maximum atomic E-state index is 4.40. The van der Waals surface area contributed by atoms with Crippen LogP contribution in [0.15, 0.2) is 36.3 Å². The summed E-state index contributed by atoms with van der Waals surface area (Å²) < 4.78 is 0. The molecule has 3 nitrogen and oxygen atoms in total. The first kappa shape index (κ1) is 31.1. The van der Waals surface area contributed by atoms with Gasteiger partial charge in [-0.15, -0.1) is 18.5 Å². The van der Waals surface area contributed by atoms with Crippen LogP contribution in [-0.4, -0.2) is 29.8 Å². The largest absolute Gasteiger partial charge is 0.314 e. The summed E-state index contributed by atoms with van der Waals surface area (Å²) in [6.07, 6.45) is 18.5. The van der Waals surface area contributed by atoms with Gasteiger partial charge in [0, 0.05) is 18.8 Å². The number of allylic oxidation sites excluding steroid dienone is 1. The molecular weight excluding hydrogens is 524 g/mol. The van der Waals surface area contributed by atoms with Crippen molar-refractivity contribution in [1.29, 1.82) is 0 Å².